The van der Waals surface area contributed by atoms with Crippen LogP contribution >= 0.6 is 0 Å². The first-order valence-electron chi connectivity index (χ1n) is 5.80. The smallest absolute Gasteiger partial charge is 0.339 e. The number of amides is 1. The van der Waals surface area contributed by atoms with Gasteiger partial charge in [-0.05, 0) is 22.6 Å². The zero-order chi connectivity index (χ0) is 16.3. The molecule has 1 aromatic heterocycles. The summed E-state index contributed by atoms with van der Waals surface area (Å²) in [6.07, 6.45) is -4.08. The molecular weight excluding hydrogens is 313 g/mol. The Morgan fingerprint density at radius 2 is 1.91 bits per heavy atom. The number of halogens is 5. The van der Waals surface area contributed by atoms with Crippen LogP contribution in [0, 0.1) is 11.6 Å². The van der Waals surface area contributed by atoms with Crippen LogP contribution in [0.4, 0.5) is 22.0 Å². The minimum absolute atomic E-state index is 0.629. The third kappa shape index (κ3) is 3.54. The predicted molar refractivity (Wildman–Crippen MR) is 61.1 cm³/mol. The van der Waals surface area contributed by atoms with Crippen LogP contribution in [0.25, 0.3) is 0 Å². The van der Waals surface area contributed by atoms with Gasteiger partial charge in [-0.2, -0.15) is 13.2 Å². The minimum atomic E-state index is -5.08. The van der Waals surface area contributed by atoms with Crippen LogP contribution in [0.5, 0.6) is 0 Å². The summed E-state index contributed by atoms with van der Waals surface area (Å²) in [5, 5.41) is 11.2. The van der Waals surface area contributed by atoms with Crippen molar-refractivity contribution in [2.24, 2.45) is 0 Å². The van der Waals surface area contributed by atoms with Crippen LogP contribution in [-0.2, 0) is 11.3 Å². The monoisotopic (exact) mass is 321 g/mol. The molecule has 0 saturated carbocycles. The summed E-state index contributed by atoms with van der Waals surface area (Å²) < 4.78 is 67.0. The Morgan fingerprint density at radius 3 is 2.41 bits per heavy atom. The van der Waals surface area contributed by atoms with E-state index in [0.29, 0.717) is 12.1 Å². The fourth-order valence-corrected chi connectivity index (χ4v) is 1.71. The highest BCUT2D eigenvalue weighted by molar-refractivity contribution is 5.76. The molecule has 2 rings (SSSR count). The van der Waals surface area contributed by atoms with Crippen molar-refractivity contribution in [2.75, 3.05) is 0 Å². The van der Waals surface area contributed by atoms with Gasteiger partial charge in [-0.15, -0.1) is 5.10 Å². The lowest BCUT2D eigenvalue weighted by Gasteiger charge is -2.22. The summed E-state index contributed by atoms with van der Waals surface area (Å²) >= 11 is 0. The molecule has 1 heterocycles. The number of hydrogen-bond donors (Lipinski definition) is 1. The van der Waals surface area contributed by atoms with E-state index < -0.39 is 41.9 Å². The average Bonchev–Trinajstić information content (AvgIpc) is 2.89. The van der Waals surface area contributed by atoms with Crippen molar-refractivity contribution in [2.45, 2.75) is 18.8 Å². The van der Waals surface area contributed by atoms with Crippen LogP contribution < -0.4 is 5.32 Å². The number of nitrogens with one attached hydrogen (secondary N) is 1. The van der Waals surface area contributed by atoms with Gasteiger partial charge < -0.3 is 5.32 Å². The second-order valence-electron chi connectivity index (χ2n) is 4.18. The summed E-state index contributed by atoms with van der Waals surface area (Å²) in [5.41, 5.74) is -1.28. The molecule has 1 aromatic carbocycles. The summed E-state index contributed by atoms with van der Waals surface area (Å²) in [7, 11) is 0. The standard InChI is InChI=1S/C11H8F5N5O/c12-6-2-1-3-7(13)9(6)10(11(14,15)16)18-8(22)4-21-5-17-19-20-21/h1-3,5,10H,4H2,(H,18,22)/t10-/m0/s1. The molecule has 1 N–H and O–H groups in total. The molecule has 0 spiro atoms. The molecule has 0 fully saturated rings. The Hall–Kier alpha value is -2.59. The van der Waals surface area contributed by atoms with E-state index in [0.717, 1.165) is 17.1 Å². The molecular formula is C11H8F5N5O. The number of hydrogen-bond acceptors (Lipinski definition) is 4. The molecule has 0 aliphatic rings. The fourth-order valence-electron chi connectivity index (χ4n) is 1.71. The van der Waals surface area contributed by atoms with E-state index in [9.17, 15) is 26.7 Å². The number of alkyl halides is 3. The Balaban J connectivity index is 2.26. The van der Waals surface area contributed by atoms with Crippen molar-refractivity contribution >= 4 is 5.91 Å². The Morgan fingerprint density at radius 1 is 1.27 bits per heavy atom. The first-order valence-corrected chi connectivity index (χ1v) is 5.80. The van der Waals surface area contributed by atoms with Gasteiger partial charge in [0.05, 0.1) is 5.56 Å². The number of rotatable bonds is 4. The summed E-state index contributed by atoms with van der Waals surface area (Å²) in [5.74, 6) is -3.98. The van der Waals surface area contributed by atoms with E-state index in [-0.39, 0.29) is 0 Å². The van der Waals surface area contributed by atoms with E-state index in [1.807, 2.05) is 0 Å². The summed E-state index contributed by atoms with van der Waals surface area (Å²) in [4.78, 5) is 11.6. The maximum Gasteiger partial charge on any atom is 0.413 e. The highest BCUT2D eigenvalue weighted by Gasteiger charge is 2.44. The molecule has 0 bridgehead atoms. The Bertz CT molecular complexity index is 637. The second-order valence-corrected chi connectivity index (χ2v) is 4.18. The lowest BCUT2D eigenvalue weighted by Crippen LogP contribution is -2.40. The fraction of sp³-hybridized carbons (Fsp3) is 0.273. The third-order valence-electron chi connectivity index (χ3n) is 2.62. The molecule has 6 nitrogen and oxygen atoms in total. The Labute approximate surface area is 119 Å². The molecule has 0 radical (unpaired) electrons. The number of tetrazole rings is 1. The van der Waals surface area contributed by atoms with Crippen LogP contribution in [0.3, 0.4) is 0 Å². The van der Waals surface area contributed by atoms with E-state index in [2.05, 4.69) is 15.5 Å². The largest absolute Gasteiger partial charge is 0.413 e. The van der Waals surface area contributed by atoms with Crippen molar-refractivity contribution in [3.8, 4) is 0 Å². The topological polar surface area (TPSA) is 72.7 Å². The number of benzene rings is 1. The summed E-state index contributed by atoms with van der Waals surface area (Å²) in [6, 6.07) is -0.558. The molecule has 1 amide bonds. The average molecular weight is 321 g/mol. The molecule has 0 saturated heterocycles. The molecule has 1 atom stereocenters. The number of aromatic nitrogens is 4. The van der Waals surface area contributed by atoms with Crippen LogP contribution in [-0.4, -0.2) is 32.3 Å². The van der Waals surface area contributed by atoms with Gasteiger partial charge in [0.2, 0.25) is 5.91 Å². The molecule has 118 valence electrons. The van der Waals surface area contributed by atoms with Crippen molar-refractivity contribution in [1.29, 1.82) is 0 Å². The number of carbonyl (C=O) groups excluding carboxylic acids is 1. The zero-order valence-electron chi connectivity index (χ0n) is 10.7. The maximum atomic E-state index is 13.5. The molecule has 22 heavy (non-hydrogen) atoms. The SMILES string of the molecule is O=C(Cn1cnnn1)N[C@@H](c1c(F)cccc1F)C(F)(F)F. The highest BCUT2D eigenvalue weighted by atomic mass is 19.4. The molecule has 2 aromatic rings. The van der Waals surface area contributed by atoms with Gasteiger partial charge >= 0.3 is 6.18 Å². The first kappa shape index (κ1) is 15.8. The maximum absolute atomic E-state index is 13.5. The van der Waals surface area contributed by atoms with Gasteiger partial charge in [0.25, 0.3) is 0 Å². The summed E-state index contributed by atoms with van der Waals surface area (Å²) in [6.45, 7) is -0.629. The molecule has 0 aliphatic carbocycles. The zero-order valence-corrected chi connectivity index (χ0v) is 10.7. The van der Waals surface area contributed by atoms with Gasteiger partial charge in [0.15, 0.2) is 6.04 Å². The first-order chi connectivity index (χ1) is 10.3. The van der Waals surface area contributed by atoms with E-state index >= 15 is 0 Å². The van der Waals surface area contributed by atoms with Gasteiger partial charge in [0, 0.05) is 0 Å². The van der Waals surface area contributed by atoms with E-state index in [4.69, 9.17) is 0 Å². The van der Waals surface area contributed by atoms with E-state index in [1.54, 1.807) is 0 Å². The molecule has 0 aliphatic heterocycles. The third-order valence-corrected chi connectivity index (χ3v) is 2.62. The lowest BCUT2D eigenvalue weighted by molar-refractivity contribution is -0.164. The van der Waals surface area contributed by atoms with Crippen molar-refractivity contribution in [3.05, 3.63) is 41.7 Å². The Kier molecular flexibility index (Phi) is 4.33. The number of nitrogens with zero attached hydrogens (tertiary/aromatic N) is 4. The van der Waals surface area contributed by atoms with Crippen LogP contribution in [0.2, 0.25) is 0 Å². The predicted octanol–water partition coefficient (Wildman–Crippen LogP) is 1.37. The molecule has 0 unspecified atom stereocenters. The van der Waals surface area contributed by atoms with E-state index in [1.165, 1.54) is 5.32 Å². The lowest BCUT2D eigenvalue weighted by atomic mass is 10.0. The minimum Gasteiger partial charge on any atom is -0.339 e. The quantitative estimate of drug-likeness (QED) is 0.863. The normalized spacial score (nSPS) is 13.0. The van der Waals surface area contributed by atoms with Crippen molar-refractivity contribution < 1.29 is 26.7 Å². The highest BCUT2D eigenvalue weighted by Crippen LogP contribution is 2.35. The number of carbonyl (C=O) groups is 1. The van der Waals surface area contributed by atoms with Gasteiger partial charge in [0.1, 0.15) is 24.5 Å². The van der Waals surface area contributed by atoms with Crippen LogP contribution in [0.1, 0.15) is 11.6 Å². The van der Waals surface area contributed by atoms with Crippen molar-refractivity contribution in [3.63, 3.8) is 0 Å². The van der Waals surface area contributed by atoms with Gasteiger partial charge in [-0.3, -0.25) is 4.79 Å². The molecule has 11 heteroatoms. The van der Waals surface area contributed by atoms with Gasteiger partial charge in [-0.1, -0.05) is 6.07 Å². The van der Waals surface area contributed by atoms with Gasteiger partial charge in [-0.25, -0.2) is 13.5 Å². The van der Waals surface area contributed by atoms with Crippen LogP contribution in [0.15, 0.2) is 24.5 Å². The second kappa shape index (κ2) is 6.03. The van der Waals surface area contributed by atoms with Crippen molar-refractivity contribution in [1.82, 2.24) is 25.5 Å².